The van der Waals surface area contributed by atoms with Crippen molar-refractivity contribution in [1.29, 1.82) is 0 Å². The van der Waals surface area contributed by atoms with Crippen molar-refractivity contribution in [3.63, 3.8) is 0 Å². The van der Waals surface area contributed by atoms with Gasteiger partial charge in [0.25, 0.3) is 0 Å². The Kier molecular flexibility index (Phi) is 4.35. The summed E-state index contributed by atoms with van der Waals surface area (Å²) in [6.07, 6.45) is 0. The predicted octanol–water partition coefficient (Wildman–Crippen LogP) is 3.28. The molecule has 0 aromatic heterocycles. The average Bonchev–Trinajstić information content (AvgIpc) is 2.18. The summed E-state index contributed by atoms with van der Waals surface area (Å²) in [6.45, 7) is 5.75. The van der Waals surface area contributed by atoms with Crippen LogP contribution in [0.2, 0.25) is 0 Å². The molecule has 0 spiro atoms. The molecular weight excluding hydrogens is 270 g/mol. The van der Waals surface area contributed by atoms with Crippen molar-refractivity contribution in [3.8, 4) is 0 Å². The van der Waals surface area contributed by atoms with Crippen LogP contribution in [0.3, 0.4) is 0 Å². The number of carboxylic acids is 1. The Morgan fingerprint density at radius 2 is 2.06 bits per heavy atom. The minimum absolute atomic E-state index is 0.0430. The molecule has 2 N–H and O–H groups in total. The van der Waals surface area contributed by atoms with E-state index in [1.807, 2.05) is 39.0 Å². The molecular formula is C12H16BrNO2. The van der Waals surface area contributed by atoms with Crippen LogP contribution in [0.4, 0.5) is 5.69 Å². The zero-order valence-corrected chi connectivity index (χ0v) is 11.2. The fourth-order valence-electron chi connectivity index (χ4n) is 1.43. The molecule has 0 saturated heterocycles. The van der Waals surface area contributed by atoms with E-state index in [0.29, 0.717) is 0 Å². The third kappa shape index (κ3) is 3.23. The summed E-state index contributed by atoms with van der Waals surface area (Å²) in [5.74, 6) is -0.781. The number of carboxylic acid groups (broad SMARTS) is 1. The standard InChI is InChI=1S/C12H16BrNO2/c1-7(2)11(12(15)16)14-9-4-5-10(13)8(3)6-9/h4-7,11,14H,1-3H3,(H,15,16). The quantitative estimate of drug-likeness (QED) is 0.893. The molecule has 1 aromatic rings. The Labute approximate surface area is 104 Å². The molecule has 16 heavy (non-hydrogen) atoms. The molecule has 0 radical (unpaired) electrons. The van der Waals surface area contributed by atoms with Crippen LogP contribution in [-0.2, 0) is 4.79 Å². The number of anilines is 1. The third-order valence-electron chi connectivity index (χ3n) is 2.41. The van der Waals surface area contributed by atoms with Gasteiger partial charge in [0.15, 0.2) is 0 Å². The summed E-state index contributed by atoms with van der Waals surface area (Å²) in [7, 11) is 0. The minimum atomic E-state index is -0.824. The van der Waals surface area contributed by atoms with Gasteiger partial charge in [-0.05, 0) is 36.6 Å². The highest BCUT2D eigenvalue weighted by atomic mass is 79.9. The Hall–Kier alpha value is -1.03. The zero-order valence-electron chi connectivity index (χ0n) is 9.62. The molecule has 88 valence electrons. The topological polar surface area (TPSA) is 49.3 Å². The molecule has 0 aliphatic heterocycles. The summed E-state index contributed by atoms with van der Waals surface area (Å²) in [5.41, 5.74) is 1.92. The molecule has 3 nitrogen and oxygen atoms in total. The zero-order chi connectivity index (χ0) is 12.3. The fraction of sp³-hybridized carbons (Fsp3) is 0.417. The number of carbonyl (C=O) groups is 1. The van der Waals surface area contributed by atoms with Gasteiger partial charge >= 0.3 is 5.97 Å². The fourth-order valence-corrected chi connectivity index (χ4v) is 1.67. The molecule has 0 heterocycles. The maximum absolute atomic E-state index is 11.0. The number of hydrogen-bond acceptors (Lipinski definition) is 2. The van der Waals surface area contributed by atoms with E-state index < -0.39 is 12.0 Å². The first-order chi connectivity index (χ1) is 7.41. The Balaban J connectivity index is 2.86. The maximum atomic E-state index is 11.0. The summed E-state index contributed by atoms with van der Waals surface area (Å²) in [4.78, 5) is 11.0. The lowest BCUT2D eigenvalue weighted by Gasteiger charge is -2.19. The van der Waals surface area contributed by atoms with Crippen LogP contribution < -0.4 is 5.32 Å². The van der Waals surface area contributed by atoms with Crippen molar-refractivity contribution in [2.75, 3.05) is 5.32 Å². The molecule has 1 unspecified atom stereocenters. The Morgan fingerprint density at radius 3 is 2.50 bits per heavy atom. The van der Waals surface area contributed by atoms with Gasteiger partial charge in [-0.15, -0.1) is 0 Å². The van der Waals surface area contributed by atoms with Gasteiger partial charge in [-0.1, -0.05) is 29.8 Å². The molecule has 1 aromatic carbocycles. The smallest absolute Gasteiger partial charge is 0.326 e. The van der Waals surface area contributed by atoms with Crippen molar-refractivity contribution in [2.45, 2.75) is 26.8 Å². The van der Waals surface area contributed by atoms with Crippen molar-refractivity contribution in [1.82, 2.24) is 0 Å². The number of halogens is 1. The molecule has 0 fully saturated rings. The number of rotatable bonds is 4. The van der Waals surface area contributed by atoms with E-state index in [9.17, 15) is 4.79 Å². The third-order valence-corrected chi connectivity index (χ3v) is 3.30. The van der Waals surface area contributed by atoms with E-state index in [1.54, 1.807) is 0 Å². The number of hydrogen-bond donors (Lipinski definition) is 2. The van der Waals surface area contributed by atoms with Crippen LogP contribution in [0.25, 0.3) is 0 Å². The Morgan fingerprint density at radius 1 is 1.44 bits per heavy atom. The van der Waals surface area contributed by atoms with Gasteiger partial charge in [0, 0.05) is 10.2 Å². The van der Waals surface area contributed by atoms with Crippen molar-refractivity contribution in [3.05, 3.63) is 28.2 Å². The van der Waals surface area contributed by atoms with Gasteiger partial charge in [0.05, 0.1) is 0 Å². The van der Waals surface area contributed by atoms with Crippen molar-refractivity contribution in [2.24, 2.45) is 5.92 Å². The summed E-state index contributed by atoms with van der Waals surface area (Å²) < 4.78 is 1.02. The van der Waals surface area contributed by atoms with Gasteiger partial charge in [0.1, 0.15) is 6.04 Å². The van der Waals surface area contributed by atoms with E-state index in [-0.39, 0.29) is 5.92 Å². The molecule has 0 aliphatic carbocycles. The second-order valence-corrected chi connectivity index (χ2v) is 5.02. The number of benzene rings is 1. The van der Waals surface area contributed by atoms with Crippen LogP contribution >= 0.6 is 15.9 Å². The molecule has 0 aliphatic rings. The van der Waals surface area contributed by atoms with Crippen LogP contribution in [-0.4, -0.2) is 17.1 Å². The second kappa shape index (κ2) is 5.34. The molecule has 0 saturated carbocycles. The van der Waals surface area contributed by atoms with Gasteiger partial charge < -0.3 is 10.4 Å². The minimum Gasteiger partial charge on any atom is -0.480 e. The number of aliphatic carboxylic acids is 1. The first-order valence-electron chi connectivity index (χ1n) is 5.17. The largest absolute Gasteiger partial charge is 0.480 e. The number of nitrogens with one attached hydrogen (secondary N) is 1. The van der Waals surface area contributed by atoms with E-state index >= 15 is 0 Å². The van der Waals surface area contributed by atoms with Gasteiger partial charge in [-0.25, -0.2) is 4.79 Å². The van der Waals surface area contributed by atoms with Crippen molar-refractivity contribution >= 4 is 27.6 Å². The highest BCUT2D eigenvalue weighted by Crippen LogP contribution is 2.21. The lowest BCUT2D eigenvalue weighted by atomic mass is 10.0. The van der Waals surface area contributed by atoms with E-state index in [2.05, 4.69) is 21.2 Å². The first-order valence-corrected chi connectivity index (χ1v) is 5.96. The molecule has 0 amide bonds. The van der Waals surface area contributed by atoms with Gasteiger partial charge in [-0.2, -0.15) is 0 Å². The van der Waals surface area contributed by atoms with Gasteiger partial charge in [0.2, 0.25) is 0 Å². The lowest BCUT2D eigenvalue weighted by molar-refractivity contribution is -0.138. The normalized spacial score (nSPS) is 12.6. The van der Waals surface area contributed by atoms with E-state index in [4.69, 9.17) is 5.11 Å². The lowest BCUT2D eigenvalue weighted by Crippen LogP contribution is -2.34. The van der Waals surface area contributed by atoms with E-state index in [1.165, 1.54) is 0 Å². The molecule has 4 heteroatoms. The van der Waals surface area contributed by atoms with E-state index in [0.717, 1.165) is 15.7 Å². The van der Waals surface area contributed by atoms with Crippen LogP contribution in [0.15, 0.2) is 22.7 Å². The average molecular weight is 286 g/mol. The second-order valence-electron chi connectivity index (χ2n) is 4.17. The number of aryl methyl sites for hydroxylation is 1. The highest BCUT2D eigenvalue weighted by molar-refractivity contribution is 9.10. The van der Waals surface area contributed by atoms with Crippen LogP contribution in [0, 0.1) is 12.8 Å². The molecule has 1 rings (SSSR count). The monoisotopic (exact) mass is 285 g/mol. The molecule has 1 atom stereocenters. The molecule has 0 bridgehead atoms. The van der Waals surface area contributed by atoms with Crippen LogP contribution in [0.1, 0.15) is 19.4 Å². The maximum Gasteiger partial charge on any atom is 0.326 e. The van der Waals surface area contributed by atoms with Crippen LogP contribution in [0.5, 0.6) is 0 Å². The summed E-state index contributed by atoms with van der Waals surface area (Å²) in [6, 6.07) is 5.16. The first kappa shape index (κ1) is 13.0. The SMILES string of the molecule is Cc1cc(NC(C(=O)O)C(C)C)ccc1Br. The van der Waals surface area contributed by atoms with Crippen molar-refractivity contribution < 1.29 is 9.90 Å². The summed E-state index contributed by atoms with van der Waals surface area (Å²) >= 11 is 3.41. The van der Waals surface area contributed by atoms with Gasteiger partial charge in [-0.3, -0.25) is 0 Å². The summed E-state index contributed by atoms with van der Waals surface area (Å²) in [5, 5.41) is 12.1. The highest BCUT2D eigenvalue weighted by Gasteiger charge is 2.20. The Bertz CT molecular complexity index is 391. The predicted molar refractivity (Wildman–Crippen MR) is 68.8 cm³/mol.